The highest BCUT2D eigenvalue weighted by Crippen LogP contribution is 2.12. The van der Waals surface area contributed by atoms with Crippen molar-refractivity contribution in [3.05, 3.63) is 35.4 Å². The zero-order valence-corrected chi connectivity index (χ0v) is 12.7. The largest absolute Gasteiger partial charge is 0.354 e. The molecule has 0 saturated heterocycles. The maximum absolute atomic E-state index is 11.6. The number of aryl methyl sites for hydroxylation is 1. The summed E-state index contributed by atoms with van der Waals surface area (Å²) < 4.78 is 0. The summed E-state index contributed by atoms with van der Waals surface area (Å²) in [5.74, 6) is 1.54. The monoisotopic (exact) mass is 280 g/mol. The van der Waals surface area contributed by atoms with E-state index in [1.165, 1.54) is 11.1 Å². The van der Waals surface area contributed by atoms with Crippen LogP contribution >= 0.6 is 11.8 Å². The second-order valence-electron chi connectivity index (χ2n) is 4.58. The molecule has 0 fully saturated rings. The Bertz CT molecular complexity index is 382. The minimum atomic E-state index is 0.121. The Hall–Kier alpha value is -1.00. The van der Waals surface area contributed by atoms with Gasteiger partial charge in [-0.1, -0.05) is 36.8 Å². The molecule has 0 aliphatic carbocycles. The van der Waals surface area contributed by atoms with Gasteiger partial charge in [-0.2, -0.15) is 0 Å². The lowest BCUT2D eigenvalue weighted by atomic mass is 10.2. The first-order chi connectivity index (χ1) is 9.22. The smallest absolute Gasteiger partial charge is 0.230 e. The van der Waals surface area contributed by atoms with Crippen molar-refractivity contribution in [2.45, 2.75) is 26.0 Å². The second kappa shape index (κ2) is 9.87. The van der Waals surface area contributed by atoms with Crippen molar-refractivity contribution in [2.24, 2.45) is 0 Å². The number of carbonyl (C=O) groups excluding carboxylic acids is 1. The third-order valence-electron chi connectivity index (χ3n) is 2.64. The van der Waals surface area contributed by atoms with E-state index >= 15 is 0 Å². The van der Waals surface area contributed by atoms with E-state index in [1.807, 2.05) is 0 Å². The quantitative estimate of drug-likeness (QED) is 0.682. The van der Waals surface area contributed by atoms with Crippen molar-refractivity contribution in [1.82, 2.24) is 10.6 Å². The fraction of sp³-hybridized carbons (Fsp3) is 0.533. The highest BCUT2D eigenvalue weighted by molar-refractivity contribution is 7.99. The number of thioether (sulfide) groups is 1. The van der Waals surface area contributed by atoms with Crippen LogP contribution in [0.2, 0.25) is 0 Å². The predicted octanol–water partition coefficient (Wildman–Crippen LogP) is 2.34. The number of benzene rings is 1. The summed E-state index contributed by atoms with van der Waals surface area (Å²) in [6.45, 7) is 6.79. The van der Waals surface area contributed by atoms with Crippen molar-refractivity contribution in [3.63, 3.8) is 0 Å². The van der Waals surface area contributed by atoms with E-state index in [0.29, 0.717) is 12.3 Å². The number of rotatable bonds is 9. The van der Waals surface area contributed by atoms with Crippen molar-refractivity contribution < 1.29 is 4.79 Å². The van der Waals surface area contributed by atoms with Gasteiger partial charge in [0.05, 0.1) is 5.75 Å². The van der Waals surface area contributed by atoms with Gasteiger partial charge in [0.15, 0.2) is 0 Å². The summed E-state index contributed by atoms with van der Waals surface area (Å²) >= 11 is 1.66. The maximum Gasteiger partial charge on any atom is 0.230 e. The second-order valence-corrected chi connectivity index (χ2v) is 5.57. The average molecular weight is 280 g/mol. The highest BCUT2D eigenvalue weighted by atomic mass is 32.2. The van der Waals surface area contributed by atoms with Crippen LogP contribution in [0.5, 0.6) is 0 Å². The van der Waals surface area contributed by atoms with Crippen LogP contribution in [0, 0.1) is 6.92 Å². The normalized spacial score (nSPS) is 10.4. The summed E-state index contributed by atoms with van der Waals surface area (Å²) in [7, 11) is 0. The molecule has 0 radical (unpaired) electrons. The van der Waals surface area contributed by atoms with Gasteiger partial charge in [-0.05, 0) is 25.5 Å². The molecule has 0 bridgehead atoms. The summed E-state index contributed by atoms with van der Waals surface area (Å²) in [5.41, 5.74) is 2.55. The zero-order valence-electron chi connectivity index (χ0n) is 11.9. The minimum Gasteiger partial charge on any atom is -0.354 e. The lowest BCUT2D eigenvalue weighted by Gasteiger charge is -2.06. The maximum atomic E-state index is 11.6. The Morgan fingerprint density at radius 1 is 1.26 bits per heavy atom. The molecule has 0 aliphatic heterocycles. The molecule has 2 N–H and O–H groups in total. The highest BCUT2D eigenvalue weighted by Gasteiger charge is 2.01. The Morgan fingerprint density at radius 2 is 2.11 bits per heavy atom. The van der Waals surface area contributed by atoms with Crippen molar-refractivity contribution in [1.29, 1.82) is 0 Å². The SMILES string of the molecule is CCCNCCNC(=O)CSCc1cccc(C)c1. The number of hydrogen-bond donors (Lipinski definition) is 2. The predicted molar refractivity (Wildman–Crippen MR) is 83.5 cm³/mol. The third kappa shape index (κ3) is 7.90. The molecule has 3 nitrogen and oxygen atoms in total. The van der Waals surface area contributed by atoms with Crippen LogP contribution in [0.4, 0.5) is 0 Å². The molecule has 0 unspecified atom stereocenters. The number of carbonyl (C=O) groups is 1. The van der Waals surface area contributed by atoms with Crippen LogP contribution in [-0.2, 0) is 10.5 Å². The van der Waals surface area contributed by atoms with E-state index in [1.54, 1.807) is 11.8 Å². The fourth-order valence-corrected chi connectivity index (χ4v) is 2.51. The van der Waals surface area contributed by atoms with E-state index in [2.05, 4.69) is 48.7 Å². The van der Waals surface area contributed by atoms with E-state index in [4.69, 9.17) is 0 Å². The van der Waals surface area contributed by atoms with Crippen LogP contribution in [0.3, 0.4) is 0 Å². The Morgan fingerprint density at radius 3 is 2.84 bits per heavy atom. The van der Waals surface area contributed by atoms with Gasteiger partial charge in [0.2, 0.25) is 5.91 Å². The summed E-state index contributed by atoms with van der Waals surface area (Å²) in [6.07, 6.45) is 1.13. The van der Waals surface area contributed by atoms with Gasteiger partial charge in [0.1, 0.15) is 0 Å². The van der Waals surface area contributed by atoms with Crippen LogP contribution < -0.4 is 10.6 Å². The molecule has 1 aromatic rings. The first-order valence-corrected chi connectivity index (χ1v) is 7.98. The summed E-state index contributed by atoms with van der Waals surface area (Å²) in [4.78, 5) is 11.6. The van der Waals surface area contributed by atoms with Crippen LogP contribution in [-0.4, -0.2) is 31.3 Å². The molecule has 19 heavy (non-hydrogen) atoms. The molecule has 106 valence electrons. The lowest BCUT2D eigenvalue weighted by molar-refractivity contribution is -0.118. The first kappa shape index (κ1) is 16.1. The first-order valence-electron chi connectivity index (χ1n) is 6.83. The molecule has 0 aliphatic rings. The van der Waals surface area contributed by atoms with Gasteiger partial charge in [0, 0.05) is 18.8 Å². The van der Waals surface area contributed by atoms with E-state index in [9.17, 15) is 4.79 Å². The van der Waals surface area contributed by atoms with Crippen LogP contribution in [0.25, 0.3) is 0 Å². The lowest BCUT2D eigenvalue weighted by Crippen LogP contribution is -2.33. The standard InChI is InChI=1S/C15H24N2OS/c1-3-7-16-8-9-17-15(18)12-19-11-14-6-4-5-13(2)10-14/h4-6,10,16H,3,7-9,11-12H2,1-2H3,(H,17,18). The Balaban J connectivity index is 2.07. The van der Waals surface area contributed by atoms with Gasteiger partial charge in [-0.25, -0.2) is 0 Å². The minimum absolute atomic E-state index is 0.121. The topological polar surface area (TPSA) is 41.1 Å². The van der Waals surface area contributed by atoms with Gasteiger partial charge < -0.3 is 10.6 Å². The number of nitrogens with one attached hydrogen (secondary N) is 2. The molecule has 0 aromatic heterocycles. The number of amides is 1. The average Bonchev–Trinajstić information content (AvgIpc) is 2.38. The molecule has 1 aromatic carbocycles. The summed E-state index contributed by atoms with van der Waals surface area (Å²) in [5, 5.41) is 6.17. The van der Waals surface area contributed by atoms with Gasteiger partial charge in [-0.3, -0.25) is 4.79 Å². The summed E-state index contributed by atoms with van der Waals surface area (Å²) in [6, 6.07) is 8.42. The molecular weight excluding hydrogens is 256 g/mol. The Labute approximate surface area is 120 Å². The molecule has 0 spiro atoms. The van der Waals surface area contributed by atoms with Crippen molar-refractivity contribution in [2.75, 3.05) is 25.4 Å². The Kier molecular flexibility index (Phi) is 8.34. The van der Waals surface area contributed by atoms with Crippen molar-refractivity contribution in [3.8, 4) is 0 Å². The van der Waals surface area contributed by atoms with Gasteiger partial charge >= 0.3 is 0 Å². The molecule has 1 rings (SSSR count). The molecule has 1 amide bonds. The van der Waals surface area contributed by atoms with E-state index in [-0.39, 0.29) is 5.91 Å². The number of hydrogen-bond acceptors (Lipinski definition) is 3. The van der Waals surface area contributed by atoms with Crippen molar-refractivity contribution >= 4 is 17.7 Å². The third-order valence-corrected chi connectivity index (χ3v) is 3.64. The van der Waals surface area contributed by atoms with E-state index < -0.39 is 0 Å². The molecular formula is C15H24N2OS. The molecule has 0 heterocycles. The van der Waals surface area contributed by atoms with Crippen LogP contribution in [0.1, 0.15) is 24.5 Å². The van der Waals surface area contributed by atoms with Gasteiger partial charge in [-0.15, -0.1) is 11.8 Å². The molecule has 0 atom stereocenters. The van der Waals surface area contributed by atoms with Gasteiger partial charge in [0.25, 0.3) is 0 Å². The van der Waals surface area contributed by atoms with Crippen LogP contribution in [0.15, 0.2) is 24.3 Å². The molecule has 0 saturated carbocycles. The molecule has 4 heteroatoms. The van der Waals surface area contributed by atoms with E-state index in [0.717, 1.165) is 25.3 Å². The fourth-order valence-electron chi connectivity index (χ4n) is 1.71. The zero-order chi connectivity index (χ0) is 13.9.